The van der Waals surface area contributed by atoms with Gasteiger partial charge in [-0.25, -0.2) is 15.0 Å². The molecule has 0 atom stereocenters. The van der Waals surface area contributed by atoms with Crippen LogP contribution in [0.3, 0.4) is 0 Å². The molecule has 4 aromatic heterocycles. The van der Waals surface area contributed by atoms with Gasteiger partial charge in [0, 0.05) is 55.4 Å². The van der Waals surface area contributed by atoms with Crippen LogP contribution in [0.1, 0.15) is 0 Å². The third-order valence-electron chi connectivity index (χ3n) is 10.2. The van der Waals surface area contributed by atoms with Crippen molar-refractivity contribution >= 4 is 54.8 Å². The van der Waals surface area contributed by atoms with Crippen molar-refractivity contribution in [1.82, 2.24) is 19.9 Å². The molecule has 0 bridgehead atoms. The molecule has 0 spiro atoms. The fourth-order valence-electron chi connectivity index (χ4n) is 7.58. The molecule has 0 radical (unpaired) electrons. The highest BCUT2D eigenvalue weighted by Gasteiger charge is 2.19. The van der Waals surface area contributed by atoms with Gasteiger partial charge in [-0.05, 0) is 65.2 Å². The predicted molar refractivity (Wildman–Crippen MR) is 217 cm³/mol. The van der Waals surface area contributed by atoms with Gasteiger partial charge in [0.2, 0.25) is 0 Å². The third-order valence-corrected chi connectivity index (χ3v) is 10.2. The molecule has 54 heavy (non-hydrogen) atoms. The van der Waals surface area contributed by atoms with Crippen molar-refractivity contribution in [2.75, 3.05) is 0 Å². The lowest BCUT2D eigenvalue weighted by Crippen LogP contribution is -2.00. The summed E-state index contributed by atoms with van der Waals surface area (Å²) in [5, 5.41) is 5.15. The number of para-hydroxylation sites is 2. The van der Waals surface area contributed by atoms with Crippen LogP contribution in [0.25, 0.3) is 111 Å². The fourth-order valence-corrected chi connectivity index (χ4v) is 7.58. The molecule has 0 amide bonds. The van der Waals surface area contributed by atoms with Gasteiger partial charge < -0.3 is 8.83 Å². The summed E-state index contributed by atoms with van der Waals surface area (Å²) in [5.74, 6) is 1.75. The van der Waals surface area contributed by atoms with Gasteiger partial charge in [-0.1, -0.05) is 115 Å². The van der Waals surface area contributed by atoms with Crippen LogP contribution in [0, 0.1) is 0 Å². The van der Waals surface area contributed by atoms with Crippen molar-refractivity contribution in [3.63, 3.8) is 0 Å². The Labute approximate surface area is 309 Å². The van der Waals surface area contributed by atoms with E-state index in [9.17, 15) is 0 Å². The van der Waals surface area contributed by atoms with E-state index in [0.29, 0.717) is 17.5 Å². The number of rotatable bonds is 5. The smallest absolute Gasteiger partial charge is 0.164 e. The standard InChI is InChI=1S/C48H28N4O2/c1-2-9-32(10-3-1)46-50-47(34-23-25-41-38(28-34)36-13-4-5-16-40(36)53-41)52-48(51-46)37-15-7-17-43-44(37)39-27-33(22-24-42(39)54-43)29-18-20-30(21-19-29)35-14-6-11-31-12-8-26-49-45(31)35/h1-28H. The molecule has 252 valence electrons. The highest BCUT2D eigenvalue weighted by Crippen LogP contribution is 2.39. The van der Waals surface area contributed by atoms with Gasteiger partial charge in [0.1, 0.15) is 22.3 Å². The second kappa shape index (κ2) is 12.1. The number of furan rings is 2. The van der Waals surface area contributed by atoms with Gasteiger partial charge in [-0.15, -0.1) is 0 Å². The highest BCUT2D eigenvalue weighted by atomic mass is 16.3. The van der Waals surface area contributed by atoms with Crippen LogP contribution >= 0.6 is 0 Å². The summed E-state index contributed by atoms with van der Waals surface area (Å²) in [6.07, 6.45) is 1.85. The second-order valence-electron chi connectivity index (χ2n) is 13.4. The molecule has 0 N–H and O–H groups in total. The number of aromatic nitrogens is 4. The summed E-state index contributed by atoms with van der Waals surface area (Å²) in [6, 6.07) is 55.7. The summed E-state index contributed by atoms with van der Waals surface area (Å²) in [6.45, 7) is 0. The van der Waals surface area contributed by atoms with Crippen LogP contribution in [-0.2, 0) is 0 Å². The van der Waals surface area contributed by atoms with Crippen molar-refractivity contribution in [2.24, 2.45) is 0 Å². The molecule has 6 heteroatoms. The number of benzene rings is 7. The first-order valence-corrected chi connectivity index (χ1v) is 17.9. The van der Waals surface area contributed by atoms with Gasteiger partial charge in [0.15, 0.2) is 17.5 Å². The zero-order chi connectivity index (χ0) is 35.6. The SMILES string of the molecule is c1ccc(-c2nc(-c3ccc4oc5ccccc5c4c3)nc(-c3cccc4oc5ccc(-c6ccc(-c7cccc8cccnc78)cc6)cc5c34)n2)cc1. The molecule has 4 heterocycles. The van der Waals surface area contributed by atoms with Gasteiger partial charge in [-0.3, -0.25) is 4.98 Å². The molecule has 0 saturated carbocycles. The Hall–Kier alpha value is -7.44. The van der Waals surface area contributed by atoms with E-state index in [1.54, 1.807) is 0 Å². The summed E-state index contributed by atoms with van der Waals surface area (Å²) in [7, 11) is 0. The topological polar surface area (TPSA) is 77.8 Å². The molecule has 0 aliphatic rings. The number of nitrogens with zero attached hydrogens (tertiary/aromatic N) is 4. The van der Waals surface area contributed by atoms with E-state index in [1.807, 2.05) is 85.1 Å². The molecule has 7 aromatic carbocycles. The predicted octanol–water partition coefficient (Wildman–Crippen LogP) is 12.6. The number of fused-ring (bicyclic) bond motifs is 7. The Morgan fingerprint density at radius 1 is 0.352 bits per heavy atom. The van der Waals surface area contributed by atoms with E-state index in [0.717, 1.165) is 93.7 Å². The third kappa shape index (κ3) is 4.96. The van der Waals surface area contributed by atoms with E-state index in [-0.39, 0.29) is 0 Å². The first kappa shape index (κ1) is 30.2. The molecule has 0 fully saturated rings. The van der Waals surface area contributed by atoms with Gasteiger partial charge in [-0.2, -0.15) is 0 Å². The Balaban J connectivity index is 1.06. The molecule has 0 unspecified atom stereocenters. The molecule has 11 aromatic rings. The van der Waals surface area contributed by atoms with Crippen LogP contribution in [0.4, 0.5) is 0 Å². The minimum Gasteiger partial charge on any atom is -0.456 e. The minimum atomic E-state index is 0.572. The average Bonchev–Trinajstić information content (AvgIpc) is 3.81. The normalized spacial score (nSPS) is 11.7. The summed E-state index contributed by atoms with van der Waals surface area (Å²) >= 11 is 0. The van der Waals surface area contributed by atoms with Crippen molar-refractivity contribution in [3.05, 3.63) is 170 Å². The van der Waals surface area contributed by atoms with Crippen molar-refractivity contribution in [3.8, 4) is 56.4 Å². The van der Waals surface area contributed by atoms with E-state index in [2.05, 4.69) is 89.9 Å². The van der Waals surface area contributed by atoms with Gasteiger partial charge in [0.05, 0.1) is 5.52 Å². The molecular formula is C48H28N4O2. The molecule has 0 saturated heterocycles. The van der Waals surface area contributed by atoms with Crippen LogP contribution in [0.2, 0.25) is 0 Å². The molecule has 0 aliphatic heterocycles. The Bertz CT molecular complexity index is 3210. The number of hydrogen-bond donors (Lipinski definition) is 0. The van der Waals surface area contributed by atoms with Crippen LogP contribution < -0.4 is 0 Å². The minimum absolute atomic E-state index is 0.572. The lowest BCUT2D eigenvalue weighted by atomic mass is 9.97. The molecule has 0 aliphatic carbocycles. The quantitative estimate of drug-likeness (QED) is 0.179. The lowest BCUT2D eigenvalue weighted by Gasteiger charge is -2.10. The number of pyridine rings is 1. The van der Waals surface area contributed by atoms with Crippen molar-refractivity contribution < 1.29 is 8.83 Å². The molecular weight excluding hydrogens is 665 g/mol. The van der Waals surface area contributed by atoms with Gasteiger partial charge >= 0.3 is 0 Å². The summed E-state index contributed by atoms with van der Waals surface area (Å²) < 4.78 is 12.6. The summed E-state index contributed by atoms with van der Waals surface area (Å²) in [5.41, 5.74) is 11.3. The highest BCUT2D eigenvalue weighted by molar-refractivity contribution is 6.13. The maximum atomic E-state index is 6.44. The van der Waals surface area contributed by atoms with Crippen LogP contribution in [0.5, 0.6) is 0 Å². The summed E-state index contributed by atoms with van der Waals surface area (Å²) in [4.78, 5) is 19.9. The Kier molecular flexibility index (Phi) is 6.75. The van der Waals surface area contributed by atoms with Crippen LogP contribution in [-0.4, -0.2) is 19.9 Å². The zero-order valence-corrected chi connectivity index (χ0v) is 28.8. The monoisotopic (exact) mass is 692 g/mol. The van der Waals surface area contributed by atoms with E-state index in [4.69, 9.17) is 23.8 Å². The van der Waals surface area contributed by atoms with Crippen molar-refractivity contribution in [1.29, 1.82) is 0 Å². The Morgan fingerprint density at radius 3 is 1.85 bits per heavy atom. The molecule has 6 nitrogen and oxygen atoms in total. The second-order valence-corrected chi connectivity index (χ2v) is 13.4. The molecule has 11 rings (SSSR count). The van der Waals surface area contributed by atoms with Gasteiger partial charge in [0.25, 0.3) is 0 Å². The van der Waals surface area contributed by atoms with E-state index in [1.165, 1.54) is 0 Å². The first-order valence-electron chi connectivity index (χ1n) is 17.9. The van der Waals surface area contributed by atoms with Crippen molar-refractivity contribution in [2.45, 2.75) is 0 Å². The number of hydrogen-bond acceptors (Lipinski definition) is 6. The maximum absolute atomic E-state index is 6.44. The first-order chi connectivity index (χ1) is 26.7. The maximum Gasteiger partial charge on any atom is 0.164 e. The van der Waals surface area contributed by atoms with E-state index < -0.39 is 0 Å². The lowest BCUT2D eigenvalue weighted by molar-refractivity contribution is 0.668. The zero-order valence-electron chi connectivity index (χ0n) is 28.8. The average molecular weight is 693 g/mol. The largest absolute Gasteiger partial charge is 0.456 e. The fraction of sp³-hybridized carbons (Fsp3) is 0. The Morgan fingerprint density at radius 2 is 0.963 bits per heavy atom. The van der Waals surface area contributed by atoms with Crippen LogP contribution in [0.15, 0.2) is 179 Å². The van der Waals surface area contributed by atoms with E-state index >= 15 is 0 Å².